The highest BCUT2D eigenvalue weighted by atomic mass is 32.2. The summed E-state index contributed by atoms with van der Waals surface area (Å²) >= 11 is 1.81. The second-order valence-corrected chi connectivity index (χ2v) is 5.72. The highest BCUT2D eigenvalue weighted by Gasteiger charge is 2.18. The predicted octanol–water partition coefficient (Wildman–Crippen LogP) is 2.11. The summed E-state index contributed by atoms with van der Waals surface area (Å²) in [6.45, 7) is 2.34. The molecule has 1 N–H and O–H groups in total. The van der Waals surface area contributed by atoms with Gasteiger partial charge in [-0.25, -0.2) is 0 Å². The van der Waals surface area contributed by atoms with Crippen LogP contribution in [0.25, 0.3) is 0 Å². The molecule has 0 fully saturated rings. The van der Waals surface area contributed by atoms with Crippen LogP contribution in [0.3, 0.4) is 0 Å². The largest absolute Gasteiger partial charge is 0.480 e. The topological polar surface area (TPSA) is 66.8 Å². The molecule has 6 heteroatoms. The number of carbonyl (C=O) groups is 2. The monoisotopic (exact) mass is 311 g/mol. The lowest BCUT2D eigenvalue weighted by molar-refractivity contribution is -0.137. The molecule has 21 heavy (non-hydrogen) atoms. The molecular weight excluding hydrogens is 290 g/mol. The molecular formula is C15H21NO4S. The molecule has 0 aliphatic carbocycles. The summed E-state index contributed by atoms with van der Waals surface area (Å²) in [6, 6.07) is 7.31. The van der Waals surface area contributed by atoms with E-state index in [1.54, 1.807) is 12.1 Å². The molecule has 0 aliphatic rings. The minimum atomic E-state index is -1.03. The first kappa shape index (κ1) is 17.5. The molecule has 0 unspecified atom stereocenters. The van der Waals surface area contributed by atoms with Crippen LogP contribution in [0.4, 0.5) is 0 Å². The van der Waals surface area contributed by atoms with Crippen LogP contribution in [0.2, 0.25) is 0 Å². The van der Waals surface area contributed by atoms with Crippen LogP contribution in [0.5, 0.6) is 0 Å². The van der Waals surface area contributed by atoms with E-state index >= 15 is 0 Å². The summed E-state index contributed by atoms with van der Waals surface area (Å²) in [4.78, 5) is 24.4. The van der Waals surface area contributed by atoms with Gasteiger partial charge in [0.15, 0.2) is 0 Å². The minimum absolute atomic E-state index is 0.259. The van der Waals surface area contributed by atoms with E-state index in [9.17, 15) is 9.59 Å². The molecule has 0 bridgehead atoms. The van der Waals surface area contributed by atoms with Gasteiger partial charge in [0.25, 0.3) is 5.91 Å². The van der Waals surface area contributed by atoms with Crippen molar-refractivity contribution in [1.82, 2.24) is 4.90 Å². The Labute approximate surface area is 129 Å². The van der Waals surface area contributed by atoms with Gasteiger partial charge in [0.2, 0.25) is 0 Å². The number of amides is 1. The van der Waals surface area contributed by atoms with Crippen molar-refractivity contribution in [3.05, 3.63) is 35.4 Å². The standard InChI is InChI=1S/C15H21NO4S/c1-3-21-11-12-4-6-13(7-5-12)15(19)16(8-9-20-2)10-14(17)18/h4-7H,3,8-11H2,1-2H3,(H,17,18). The van der Waals surface area contributed by atoms with Gasteiger partial charge in [-0.3, -0.25) is 9.59 Å². The SMILES string of the molecule is CCSCc1ccc(C(=O)N(CCOC)CC(=O)O)cc1. The Kier molecular flexibility index (Phi) is 7.85. The van der Waals surface area contributed by atoms with E-state index in [1.807, 2.05) is 23.9 Å². The summed E-state index contributed by atoms with van der Waals surface area (Å²) < 4.78 is 4.91. The Morgan fingerprint density at radius 3 is 2.48 bits per heavy atom. The van der Waals surface area contributed by atoms with Gasteiger partial charge in [0.1, 0.15) is 6.54 Å². The van der Waals surface area contributed by atoms with Crippen LogP contribution >= 0.6 is 11.8 Å². The second-order valence-electron chi connectivity index (χ2n) is 4.45. The number of ether oxygens (including phenoxy) is 1. The normalized spacial score (nSPS) is 10.4. The summed E-state index contributed by atoms with van der Waals surface area (Å²) in [5.74, 6) is 0.636. The quantitative estimate of drug-likeness (QED) is 0.756. The fourth-order valence-electron chi connectivity index (χ4n) is 1.76. The van der Waals surface area contributed by atoms with E-state index in [0.29, 0.717) is 12.2 Å². The fourth-order valence-corrected chi connectivity index (χ4v) is 2.40. The number of nitrogens with zero attached hydrogens (tertiary/aromatic N) is 1. The van der Waals surface area contributed by atoms with E-state index in [0.717, 1.165) is 17.1 Å². The van der Waals surface area contributed by atoms with Crippen molar-refractivity contribution in [2.45, 2.75) is 12.7 Å². The van der Waals surface area contributed by atoms with Crippen molar-refractivity contribution in [2.24, 2.45) is 0 Å². The first-order valence-electron chi connectivity index (χ1n) is 6.75. The Bertz CT molecular complexity index is 461. The third-order valence-corrected chi connectivity index (χ3v) is 3.80. The summed E-state index contributed by atoms with van der Waals surface area (Å²) in [5.41, 5.74) is 1.65. The van der Waals surface area contributed by atoms with Crippen molar-refractivity contribution in [1.29, 1.82) is 0 Å². The number of carboxylic acids is 1. The highest BCUT2D eigenvalue weighted by Crippen LogP contribution is 2.14. The average Bonchev–Trinajstić information content (AvgIpc) is 2.49. The first-order valence-corrected chi connectivity index (χ1v) is 7.90. The van der Waals surface area contributed by atoms with Gasteiger partial charge in [-0.1, -0.05) is 19.1 Å². The van der Waals surface area contributed by atoms with Gasteiger partial charge in [-0.2, -0.15) is 11.8 Å². The molecule has 1 amide bonds. The molecule has 116 valence electrons. The lowest BCUT2D eigenvalue weighted by atomic mass is 10.1. The van der Waals surface area contributed by atoms with E-state index in [-0.39, 0.29) is 19.0 Å². The van der Waals surface area contributed by atoms with Gasteiger partial charge in [0, 0.05) is 25.0 Å². The first-order chi connectivity index (χ1) is 10.1. The number of carbonyl (C=O) groups excluding carboxylic acids is 1. The molecule has 1 aromatic carbocycles. The number of rotatable bonds is 9. The Hall–Kier alpha value is -1.53. The average molecular weight is 311 g/mol. The van der Waals surface area contributed by atoms with Crippen LogP contribution in [0.1, 0.15) is 22.8 Å². The number of benzene rings is 1. The molecule has 0 aromatic heterocycles. The van der Waals surface area contributed by atoms with E-state index in [1.165, 1.54) is 12.0 Å². The van der Waals surface area contributed by atoms with Crippen molar-refractivity contribution in [2.75, 3.05) is 32.6 Å². The summed E-state index contributed by atoms with van der Waals surface area (Å²) in [7, 11) is 1.52. The number of thioether (sulfide) groups is 1. The molecule has 1 aromatic rings. The van der Waals surface area contributed by atoms with Crippen molar-refractivity contribution in [3.63, 3.8) is 0 Å². The van der Waals surface area contributed by atoms with E-state index in [2.05, 4.69) is 6.92 Å². The molecule has 0 radical (unpaired) electrons. The zero-order valence-corrected chi connectivity index (χ0v) is 13.2. The summed E-state index contributed by atoms with van der Waals surface area (Å²) in [5, 5.41) is 8.88. The third-order valence-electron chi connectivity index (χ3n) is 2.85. The zero-order valence-electron chi connectivity index (χ0n) is 12.4. The predicted molar refractivity (Wildman–Crippen MR) is 83.7 cm³/mol. The van der Waals surface area contributed by atoms with Crippen LogP contribution in [-0.4, -0.2) is 54.4 Å². The van der Waals surface area contributed by atoms with Gasteiger partial charge in [-0.05, 0) is 23.4 Å². The van der Waals surface area contributed by atoms with E-state index < -0.39 is 5.97 Å². The van der Waals surface area contributed by atoms with Crippen LogP contribution in [-0.2, 0) is 15.3 Å². The lowest BCUT2D eigenvalue weighted by Gasteiger charge is -2.20. The number of hydrogen-bond donors (Lipinski definition) is 1. The Morgan fingerprint density at radius 1 is 1.29 bits per heavy atom. The maximum atomic E-state index is 12.3. The molecule has 0 spiro atoms. The molecule has 0 saturated carbocycles. The van der Waals surface area contributed by atoms with Gasteiger partial charge >= 0.3 is 5.97 Å². The van der Waals surface area contributed by atoms with Crippen LogP contribution in [0.15, 0.2) is 24.3 Å². The Morgan fingerprint density at radius 2 is 1.95 bits per heavy atom. The van der Waals surface area contributed by atoms with Gasteiger partial charge in [0.05, 0.1) is 6.61 Å². The smallest absolute Gasteiger partial charge is 0.323 e. The number of aliphatic carboxylic acids is 1. The zero-order chi connectivity index (χ0) is 15.7. The summed E-state index contributed by atoms with van der Waals surface area (Å²) in [6.07, 6.45) is 0. The number of methoxy groups -OCH3 is 1. The maximum absolute atomic E-state index is 12.3. The number of carboxylic acid groups (broad SMARTS) is 1. The highest BCUT2D eigenvalue weighted by molar-refractivity contribution is 7.98. The molecule has 0 atom stereocenters. The van der Waals surface area contributed by atoms with Gasteiger partial charge < -0.3 is 14.7 Å². The fraction of sp³-hybridized carbons (Fsp3) is 0.467. The van der Waals surface area contributed by atoms with Crippen LogP contribution < -0.4 is 0 Å². The maximum Gasteiger partial charge on any atom is 0.323 e. The Balaban J connectivity index is 2.75. The van der Waals surface area contributed by atoms with E-state index in [4.69, 9.17) is 9.84 Å². The number of hydrogen-bond acceptors (Lipinski definition) is 4. The van der Waals surface area contributed by atoms with Crippen molar-refractivity contribution < 1.29 is 19.4 Å². The van der Waals surface area contributed by atoms with Crippen LogP contribution in [0, 0.1) is 0 Å². The van der Waals surface area contributed by atoms with Crippen molar-refractivity contribution in [3.8, 4) is 0 Å². The second kappa shape index (κ2) is 9.41. The minimum Gasteiger partial charge on any atom is -0.480 e. The molecule has 5 nitrogen and oxygen atoms in total. The molecule has 0 saturated heterocycles. The van der Waals surface area contributed by atoms with Gasteiger partial charge in [-0.15, -0.1) is 0 Å². The van der Waals surface area contributed by atoms with Crippen molar-refractivity contribution >= 4 is 23.6 Å². The molecule has 0 heterocycles. The third kappa shape index (κ3) is 6.18. The molecule has 1 rings (SSSR count). The lowest BCUT2D eigenvalue weighted by Crippen LogP contribution is -2.38. The molecule has 0 aliphatic heterocycles.